The molecule has 0 aromatic carbocycles. The highest BCUT2D eigenvalue weighted by Crippen LogP contribution is 2.14. The fourth-order valence-electron chi connectivity index (χ4n) is 1.78. The third kappa shape index (κ3) is 9.81. The van der Waals surface area contributed by atoms with Crippen molar-refractivity contribution >= 4 is 11.9 Å². The van der Waals surface area contributed by atoms with E-state index >= 15 is 0 Å². The molecular formula is C12H24N2O3. The Morgan fingerprint density at radius 1 is 1.24 bits per heavy atom. The molecule has 4 N–H and O–H groups in total. The van der Waals surface area contributed by atoms with Gasteiger partial charge in [0.15, 0.2) is 0 Å². The maximum absolute atomic E-state index is 11.4. The van der Waals surface area contributed by atoms with Crippen LogP contribution >= 0.6 is 0 Å². The first-order valence-corrected chi connectivity index (χ1v) is 6.05. The van der Waals surface area contributed by atoms with Crippen molar-refractivity contribution in [1.29, 1.82) is 0 Å². The maximum atomic E-state index is 11.4. The van der Waals surface area contributed by atoms with Crippen LogP contribution in [-0.4, -0.2) is 29.6 Å². The third-order valence-corrected chi connectivity index (χ3v) is 2.36. The molecule has 100 valence electrons. The fourth-order valence-corrected chi connectivity index (χ4v) is 1.78. The lowest BCUT2D eigenvalue weighted by Crippen LogP contribution is -2.34. The van der Waals surface area contributed by atoms with Crippen LogP contribution in [0.1, 0.15) is 40.0 Å². The van der Waals surface area contributed by atoms with Crippen molar-refractivity contribution in [2.24, 2.45) is 17.6 Å². The quantitative estimate of drug-likeness (QED) is 0.593. The summed E-state index contributed by atoms with van der Waals surface area (Å²) in [6.07, 6.45) is 1.17. The van der Waals surface area contributed by atoms with Gasteiger partial charge in [-0.3, -0.25) is 9.59 Å². The summed E-state index contributed by atoms with van der Waals surface area (Å²) in [5.74, 6) is -0.523. The van der Waals surface area contributed by atoms with Crippen molar-refractivity contribution in [1.82, 2.24) is 5.32 Å². The largest absolute Gasteiger partial charge is 0.481 e. The standard InChI is InChI=1S/C12H24N2O3/c1-8(2)4-10(6-12(16)17)7-14-11(15)5-9(3)13/h8-10H,4-7,13H2,1-3H3,(H,14,15)(H,16,17)/t9?,10-/m0/s1. The van der Waals surface area contributed by atoms with Crippen molar-refractivity contribution < 1.29 is 14.7 Å². The van der Waals surface area contributed by atoms with Gasteiger partial charge in [-0.1, -0.05) is 13.8 Å². The van der Waals surface area contributed by atoms with Crippen LogP contribution in [0.2, 0.25) is 0 Å². The maximum Gasteiger partial charge on any atom is 0.303 e. The summed E-state index contributed by atoms with van der Waals surface area (Å²) >= 11 is 0. The molecule has 0 aromatic rings. The van der Waals surface area contributed by atoms with E-state index in [1.165, 1.54) is 0 Å². The van der Waals surface area contributed by atoms with Crippen LogP contribution in [0.5, 0.6) is 0 Å². The van der Waals surface area contributed by atoms with Crippen molar-refractivity contribution in [3.05, 3.63) is 0 Å². The Labute approximate surface area is 103 Å². The molecule has 0 radical (unpaired) electrons. The van der Waals surface area contributed by atoms with Crippen molar-refractivity contribution in [2.45, 2.75) is 46.1 Å². The summed E-state index contributed by atoms with van der Waals surface area (Å²) in [6, 6.07) is -0.168. The molecule has 2 atom stereocenters. The first-order chi connectivity index (χ1) is 7.81. The summed E-state index contributed by atoms with van der Waals surface area (Å²) in [7, 11) is 0. The van der Waals surface area contributed by atoms with Crippen molar-refractivity contribution in [3.63, 3.8) is 0 Å². The molecule has 0 aliphatic carbocycles. The van der Waals surface area contributed by atoms with Gasteiger partial charge >= 0.3 is 5.97 Å². The first-order valence-electron chi connectivity index (χ1n) is 6.05. The number of hydrogen-bond acceptors (Lipinski definition) is 3. The Morgan fingerprint density at radius 2 is 1.82 bits per heavy atom. The molecule has 0 heterocycles. The van der Waals surface area contributed by atoms with Crippen LogP contribution in [0.15, 0.2) is 0 Å². The Hall–Kier alpha value is -1.10. The summed E-state index contributed by atoms with van der Waals surface area (Å²) in [6.45, 7) is 6.26. The topological polar surface area (TPSA) is 92.4 Å². The van der Waals surface area contributed by atoms with E-state index in [2.05, 4.69) is 5.32 Å². The molecule has 1 amide bonds. The predicted molar refractivity (Wildman–Crippen MR) is 66.5 cm³/mol. The third-order valence-electron chi connectivity index (χ3n) is 2.36. The van der Waals surface area contributed by atoms with E-state index in [1.807, 2.05) is 13.8 Å². The molecule has 0 aliphatic rings. The summed E-state index contributed by atoms with van der Waals surface area (Å²) in [4.78, 5) is 22.1. The van der Waals surface area contributed by atoms with E-state index in [-0.39, 0.29) is 30.7 Å². The number of amides is 1. The molecule has 0 bridgehead atoms. The van der Waals surface area contributed by atoms with Gasteiger partial charge < -0.3 is 16.2 Å². The molecule has 0 aromatic heterocycles. The minimum atomic E-state index is -0.822. The molecule has 1 unspecified atom stereocenters. The minimum Gasteiger partial charge on any atom is -0.481 e. The van der Waals surface area contributed by atoms with E-state index in [9.17, 15) is 9.59 Å². The van der Waals surface area contributed by atoms with Crippen LogP contribution in [0.4, 0.5) is 0 Å². The number of hydrogen-bond donors (Lipinski definition) is 3. The van der Waals surface area contributed by atoms with Gasteiger partial charge in [-0.25, -0.2) is 0 Å². The number of nitrogens with two attached hydrogens (primary N) is 1. The zero-order chi connectivity index (χ0) is 13.4. The Balaban J connectivity index is 4.06. The smallest absolute Gasteiger partial charge is 0.303 e. The molecule has 0 saturated heterocycles. The summed E-state index contributed by atoms with van der Waals surface area (Å²) < 4.78 is 0. The molecule has 0 spiro atoms. The van der Waals surface area contributed by atoms with Gasteiger partial charge in [0.2, 0.25) is 5.91 Å². The first kappa shape index (κ1) is 15.9. The van der Waals surface area contributed by atoms with Crippen LogP contribution < -0.4 is 11.1 Å². The van der Waals surface area contributed by atoms with E-state index in [0.29, 0.717) is 12.5 Å². The zero-order valence-electron chi connectivity index (χ0n) is 10.9. The van der Waals surface area contributed by atoms with Gasteiger partial charge in [0.1, 0.15) is 0 Å². The average molecular weight is 244 g/mol. The van der Waals surface area contributed by atoms with Gasteiger partial charge in [-0.05, 0) is 25.2 Å². The number of carboxylic acids is 1. The highest BCUT2D eigenvalue weighted by molar-refractivity contribution is 5.76. The number of aliphatic carboxylic acids is 1. The number of carboxylic acid groups (broad SMARTS) is 1. The van der Waals surface area contributed by atoms with Crippen molar-refractivity contribution in [3.8, 4) is 0 Å². The van der Waals surface area contributed by atoms with Crippen LogP contribution in [0.3, 0.4) is 0 Å². The number of carbonyl (C=O) groups is 2. The second-order valence-corrected chi connectivity index (χ2v) is 5.08. The van der Waals surface area contributed by atoms with Gasteiger partial charge in [-0.15, -0.1) is 0 Å². The monoisotopic (exact) mass is 244 g/mol. The lowest BCUT2D eigenvalue weighted by Gasteiger charge is -2.18. The molecule has 0 saturated carbocycles. The Kier molecular flexibility index (Phi) is 7.54. The Morgan fingerprint density at radius 3 is 2.24 bits per heavy atom. The summed E-state index contributed by atoms with van der Waals surface area (Å²) in [5.41, 5.74) is 5.51. The van der Waals surface area contributed by atoms with Crippen LogP contribution in [0.25, 0.3) is 0 Å². The SMILES string of the molecule is CC(C)C[C@H](CNC(=O)CC(C)N)CC(=O)O. The molecule has 0 fully saturated rings. The average Bonchev–Trinajstić information content (AvgIpc) is 2.11. The van der Waals surface area contributed by atoms with E-state index in [1.54, 1.807) is 6.92 Å². The molecule has 5 nitrogen and oxygen atoms in total. The second-order valence-electron chi connectivity index (χ2n) is 5.08. The minimum absolute atomic E-state index is 0.00969. The molecule has 0 aliphatic heterocycles. The number of rotatable bonds is 8. The molecule has 5 heteroatoms. The van der Waals surface area contributed by atoms with Gasteiger partial charge in [0.05, 0.1) is 0 Å². The van der Waals surface area contributed by atoms with Crippen LogP contribution in [0, 0.1) is 11.8 Å². The highest BCUT2D eigenvalue weighted by Gasteiger charge is 2.16. The fraction of sp³-hybridized carbons (Fsp3) is 0.833. The lowest BCUT2D eigenvalue weighted by molar-refractivity contribution is -0.138. The van der Waals surface area contributed by atoms with E-state index in [0.717, 1.165) is 6.42 Å². The number of nitrogens with one attached hydrogen (secondary N) is 1. The molecule has 0 rings (SSSR count). The normalized spacial score (nSPS) is 14.4. The Bertz CT molecular complexity index is 252. The predicted octanol–water partition coefficient (Wildman–Crippen LogP) is 0.977. The molecule has 17 heavy (non-hydrogen) atoms. The molecular weight excluding hydrogens is 220 g/mol. The second kappa shape index (κ2) is 8.06. The van der Waals surface area contributed by atoms with Gasteiger partial charge in [-0.2, -0.15) is 0 Å². The summed E-state index contributed by atoms with van der Waals surface area (Å²) in [5, 5.41) is 11.5. The van der Waals surface area contributed by atoms with Gasteiger partial charge in [0.25, 0.3) is 0 Å². The lowest BCUT2D eigenvalue weighted by atomic mass is 9.94. The van der Waals surface area contributed by atoms with Crippen molar-refractivity contribution in [2.75, 3.05) is 6.54 Å². The van der Waals surface area contributed by atoms with E-state index in [4.69, 9.17) is 10.8 Å². The van der Waals surface area contributed by atoms with E-state index < -0.39 is 5.97 Å². The van der Waals surface area contributed by atoms with Crippen LogP contribution in [-0.2, 0) is 9.59 Å². The highest BCUT2D eigenvalue weighted by atomic mass is 16.4. The number of carbonyl (C=O) groups excluding carboxylic acids is 1. The zero-order valence-corrected chi connectivity index (χ0v) is 10.9. The van der Waals surface area contributed by atoms with Gasteiger partial charge in [0, 0.05) is 25.4 Å².